The van der Waals surface area contributed by atoms with E-state index in [1.165, 1.54) is 11.1 Å². The summed E-state index contributed by atoms with van der Waals surface area (Å²) >= 11 is 0. The van der Waals surface area contributed by atoms with Crippen LogP contribution in [-0.2, 0) is 22.3 Å². The second-order valence-electron chi connectivity index (χ2n) is 5.72. The van der Waals surface area contributed by atoms with E-state index in [1.807, 2.05) is 12.2 Å². The zero-order chi connectivity index (χ0) is 17.2. The van der Waals surface area contributed by atoms with Crippen LogP contribution in [0, 0.1) is 0 Å². The monoisotopic (exact) mass is 322 g/mol. The SMILES string of the molecule is C=CCc1cccc(C(OCCOC)c2cccc(CC=C)c2)c1. The van der Waals surface area contributed by atoms with Gasteiger partial charge in [-0.05, 0) is 35.1 Å². The Morgan fingerprint density at radius 2 is 1.42 bits per heavy atom. The van der Waals surface area contributed by atoms with E-state index in [9.17, 15) is 0 Å². The number of ether oxygens (including phenoxy) is 2. The van der Waals surface area contributed by atoms with Gasteiger partial charge in [-0.25, -0.2) is 0 Å². The number of allylic oxidation sites excluding steroid dienone is 2. The van der Waals surface area contributed by atoms with Crippen LogP contribution >= 0.6 is 0 Å². The van der Waals surface area contributed by atoms with E-state index >= 15 is 0 Å². The topological polar surface area (TPSA) is 18.5 Å². The normalized spacial score (nSPS) is 10.8. The fourth-order valence-electron chi connectivity index (χ4n) is 2.73. The number of hydrogen-bond donors (Lipinski definition) is 0. The third-order valence-electron chi connectivity index (χ3n) is 3.84. The molecule has 2 nitrogen and oxygen atoms in total. The van der Waals surface area contributed by atoms with Crippen LogP contribution in [0.1, 0.15) is 28.4 Å². The second-order valence-corrected chi connectivity index (χ2v) is 5.72. The van der Waals surface area contributed by atoms with E-state index in [4.69, 9.17) is 9.47 Å². The molecule has 2 aromatic rings. The Morgan fingerprint density at radius 3 is 1.88 bits per heavy atom. The maximum absolute atomic E-state index is 6.14. The van der Waals surface area contributed by atoms with Crippen molar-refractivity contribution in [3.63, 3.8) is 0 Å². The van der Waals surface area contributed by atoms with E-state index in [2.05, 4.69) is 61.7 Å². The van der Waals surface area contributed by atoms with Crippen molar-refractivity contribution in [3.8, 4) is 0 Å². The van der Waals surface area contributed by atoms with Crippen LogP contribution in [0.25, 0.3) is 0 Å². The van der Waals surface area contributed by atoms with Crippen molar-refractivity contribution in [2.24, 2.45) is 0 Å². The zero-order valence-electron chi connectivity index (χ0n) is 14.4. The van der Waals surface area contributed by atoms with Gasteiger partial charge in [-0.15, -0.1) is 13.2 Å². The molecule has 126 valence electrons. The lowest BCUT2D eigenvalue weighted by atomic mass is 9.96. The van der Waals surface area contributed by atoms with Crippen LogP contribution in [-0.4, -0.2) is 20.3 Å². The van der Waals surface area contributed by atoms with Gasteiger partial charge >= 0.3 is 0 Å². The molecule has 0 unspecified atom stereocenters. The highest BCUT2D eigenvalue weighted by Crippen LogP contribution is 2.28. The lowest BCUT2D eigenvalue weighted by Gasteiger charge is -2.20. The smallest absolute Gasteiger partial charge is 0.108 e. The second kappa shape index (κ2) is 9.86. The Bertz CT molecular complexity index is 607. The summed E-state index contributed by atoms with van der Waals surface area (Å²) in [5.41, 5.74) is 4.79. The van der Waals surface area contributed by atoms with Gasteiger partial charge in [0, 0.05) is 7.11 Å². The maximum atomic E-state index is 6.14. The molecule has 0 saturated heterocycles. The van der Waals surface area contributed by atoms with E-state index in [-0.39, 0.29) is 6.10 Å². The Labute approximate surface area is 145 Å². The molecule has 0 spiro atoms. The number of methoxy groups -OCH3 is 1. The first kappa shape index (κ1) is 18.2. The van der Waals surface area contributed by atoms with Gasteiger partial charge in [-0.2, -0.15) is 0 Å². The molecule has 0 aliphatic carbocycles. The summed E-state index contributed by atoms with van der Waals surface area (Å²) in [5, 5.41) is 0. The molecule has 0 saturated carbocycles. The van der Waals surface area contributed by atoms with E-state index in [0.717, 1.165) is 24.0 Å². The van der Waals surface area contributed by atoms with Crippen LogP contribution in [0.5, 0.6) is 0 Å². The number of hydrogen-bond acceptors (Lipinski definition) is 2. The van der Waals surface area contributed by atoms with Gasteiger partial charge in [0.05, 0.1) is 13.2 Å². The summed E-state index contributed by atoms with van der Waals surface area (Å²) in [6, 6.07) is 17.0. The average Bonchev–Trinajstić information content (AvgIpc) is 2.60. The van der Waals surface area contributed by atoms with E-state index < -0.39 is 0 Å². The predicted molar refractivity (Wildman–Crippen MR) is 100 cm³/mol. The van der Waals surface area contributed by atoms with Crippen molar-refractivity contribution in [1.82, 2.24) is 0 Å². The Hall–Kier alpha value is -2.16. The molecule has 0 bridgehead atoms. The fraction of sp³-hybridized carbons (Fsp3) is 0.273. The van der Waals surface area contributed by atoms with Gasteiger partial charge < -0.3 is 9.47 Å². The van der Waals surface area contributed by atoms with Crippen molar-refractivity contribution in [2.75, 3.05) is 20.3 Å². The molecule has 0 aromatic heterocycles. The first-order valence-corrected chi connectivity index (χ1v) is 8.28. The maximum Gasteiger partial charge on any atom is 0.108 e. The molecule has 2 rings (SSSR count). The summed E-state index contributed by atoms with van der Waals surface area (Å²) in [6.07, 6.45) is 5.45. The minimum Gasteiger partial charge on any atom is -0.382 e. The highest BCUT2D eigenvalue weighted by Gasteiger charge is 2.15. The summed E-state index contributed by atoms with van der Waals surface area (Å²) in [4.78, 5) is 0. The standard InChI is InChI=1S/C22H26O2/c1-4-8-18-10-6-12-20(16-18)22(24-15-14-23-3)21-13-7-11-19(17-21)9-5-2/h4-7,10-13,16-17,22H,1-2,8-9,14-15H2,3H3. The molecule has 0 amide bonds. The summed E-state index contributed by atoms with van der Waals surface area (Å²) in [5.74, 6) is 0. The van der Waals surface area contributed by atoms with Gasteiger partial charge in [0.2, 0.25) is 0 Å². The van der Waals surface area contributed by atoms with Crippen molar-refractivity contribution in [1.29, 1.82) is 0 Å². The Morgan fingerprint density at radius 1 is 0.875 bits per heavy atom. The summed E-state index contributed by atoms with van der Waals surface area (Å²) < 4.78 is 11.3. The minimum atomic E-state index is -0.102. The molecular weight excluding hydrogens is 296 g/mol. The fourth-order valence-corrected chi connectivity index (χ4v) is 2.73. The molecule has 2 aromatic carbocycles. The lowest BCUT2D eigenvalue weighted by molar-refractivity contribution is 0.0355. The number of rotatable bonds is 10. The first-order chi connectivity index (χ1) is 11.8. The molecule has 0 N–H and O–H groups in total. The molecule has 0 aliphatic rings. The van der Waals surface area contributed by atoms with Crippen molar-refractivity contribution in [2.45, 2.75) is 18.9 Å². The lowest BCUT2D eigenvalue weighted by Crippen LogP contribution is -2.11. The summed E-state index contributed by atoms with van der Waals surface area (Å²) in [7, 11) is 1.69. The molecular formula is C22H26O2. The van der Waals surface area contributed by atoms with Gasteiger partial charge in [-0.3, -0.25) is 0 Å². The van der Waals surface area contributed by atoms with Crippen LogP contribution < -0.4 is 0 Å². The van der Waals surface area contributed by atoms with Crippen LogP contribution in [0.15, 0.2) is 73.8 Å². The Kier molecular flexibility index (Phi) is 7.47. The van der Waals surface area contributed by atoms with Crippen LogP contribution in [0.3, 0.4) is 0 Å². The van der Waals surface area contributed by atoms with Crippen molar-refractivity contribution in [3.05, 3.63) is 96.1 Å². The zero-order valence-corrected chi connectivity index (χ0v) is 14.4. The molecule has 0 heterocycles. The van der Waals surface area contributed by atoms with E-state index in [1.54, 1.807) is 7.11 Å². The van der Waals surface area contributed by atoms with Gasteiger partial charge in [0.15, 0.2) is 0 Å². The van der Waals surface area contributed by atoms with Crippen LogP contribution in [0.4, 0.5) is 0 Å². The first-order valence-electron chi connectivity index (χ1n) is 8.28. The third-order valence-corrected chi connectivity index (χ3v) is 3.84. The Balaban J connectivity index is 2.33. The molecule has 24 heavy (non-hydrogen) atoms. The van der Waals surface area contributed by atoms with Gasteiger partial charge in [0.1, 0.15) is 6.10 Å². The number of benzene rings is 2. The molecule has 0 fully saturated rings. The van der Waals surface area contributed by atoms with E-state index in [0.29, 0.717) is 13.2 Å². The van der Waals surface area contributed by atoms with Crippen molar-refractivity contribution < 1.29 is 9.47 Å². The molecule has 0 atom stereocenters. The third kappa shape index (κ3) is 5.19. The highest BCUT2D eigenvalue weighted by atomic mass is 16.5. The molecule has 0 aliphatic heterocycles. The average molecular weight is 322 g/mol. The molecule has 0 radical (unpaired) electrons. The summed E-state index contributed by atoms with van der Waals surface area (Å²) in [6.45, 7) is 8.78. The van der Waals surface area contributed by atoms with Crippen LogP contribution in [0.2, 0.25) is 0 Å². The largest absolute Gasteiger partial charge is 0.382 e. The highest BCUT2D eigenvalue weighted by molar-refractivity contribution is 5.36. The van der Waals surface area contributed by atoms with Gasteiger partial charge in [0.25, 0.3) is 0 Å². The van der Waals surface area contributed by atoms with Gasteiger partial charge in [-0.1, -0.05) is 60.7 Å². The molecule has 2 heteroatoms. The predicted octanol–water partition coefficient (Wildman–Crippen LogP) is 4.90. The van der Waals surface area contributed by atoms with Crippen molar-refractivity contribution >= 4 is 0 Å². The minimum absolute atomic E-state index is 0.102. The quantitative estimate of drug-likeness (QED) is 0.458.